The Kier molecular flexibility index (Phi) is 9.30. The number of anilines is 2. The van der Waals surface area contributed by atoms with Crippen molar-refractivity contribution in [3.63, 3.8) is 0 Å². The lowest BCUT2D eigenvalue weighted by atomic mass is 10.0. The number of aromatic carboxylic acids is 1. The van der Waals surface area contributed by atoms with Crippen molar-refractivity contribution < 1.29 is 37.3 Å². The number of nitrogens with zero attached hydrogens (tertiary/aromatic N) is 3. The maximum absolute atomic E-state index is 14.9. The van der Waals surface area contributed by atoms with Crippen molar-refractivity contribution in [1.82, 2.24) is 9.47 Å². The van der Waals surface area contributed by atoms with Gasteiger partial charge in [0.15, 0.2) is 0 Å². The molecular formula is C29H32F4N4O4. The maximum Gasteiger partial charge on any atom is 0.406 e. The van der Waals surface area contributed by atoms with Gasteiger partial charge in [-0.3, -0.25) is 4.90 Å². The first kappa shape index (κ1) is 30.0. The van der Waals surface area contributed by atoms with Crippen molar-refractivity contribution in [3.8, 4) is 17.6 Å². The van der Waals surface area contributed by atoms with Crippen molar-refractivity contribution in [2.45, 2.75) is 31.4 Å². The zero-order chi connectivity index (χ0) is 29.7. The lowest BCUT2D eigenvalue weighted by Gasteiger charge is -2.35. The number of carboxylic acid groups (broad SMARTS) is 1. The van der Waals surface area contributed by atoms with Crippen LogP contribution in [0.1, 0.15) is 22.5 Å². The van der Waals surface area contributed by atoms with Gasteiger partial charge in [-0.05, 0) is 48.7 Å². The van der Waals surface area contributed by atoms with Gasteiger partial charge >= 0.3 is 12.1 Å². The highest BCUT2D eigenvalue weighted by atomic mass is 19.4. The van der Waals surface area contributed by atoms with Crippen LogP contribution in [0.5, 0.6) is 5.75 Å². The molecule has 220 valence electrons. The largest absolute Gasteiger partial charge is 0.495 e. The molecule has 41 heavy (non-hydrogen) atoms. The first-order valence-electron chi connectivity index (χ1n) is 13.0. The van der Waals surface area contributed by atoms with Crippen molar-refractivity contribution in [3.05, 3.63) is 53.7 Å². The van der Waals surface area contributed by atoms with E-state index >= 15 is 0 Å². The summed E-state index contributed by atoms with van der Waals surface area (Å²) in [6.07, 6.45) is -5.22. The molecule has 8 nitrogen and oxygen atoms in total. The first-order valence-corrected chi connectivity index (χ1v) is 13.0. The highest BCUT2D eigenvalue weighted by Crippen LogP contribution is 2.32. The van der Waals surface area contributed by atoms with E-state index in [0.29, 0.717) is 47.5 Å². The van der Waals surface area contributed by atoms with Gasteiger partial charge in [-0.2, -0.15) is 13.2 Å². The minimum atomic E-state index is -4.49. The number of carboxylic acids is 1. The standard InChI is InChI=1S/C29H32F4N4O4/c1-35(26-9-8-19(28(39)40)15-27(26)41-2)11-4-5-20-16-21-23(6-3-7-25(21)37(20)18-29(31,32)33)34-24-10-12-36(13-14-38)17-22(24)30/h3,6-9,15-16,22,24,34,38H,10-14,17-18H2,1-2H3,(H,39,40)/t22-,24+/m0/s1. The Morgan fingerprint density at radius 3 is 2.68 bits per heavy atom. The number of fused-ring (bicyclic) bond motifs is 1. The number of halogens is 4. The fourth-order valence-electron chi connectivity index (χ4n) is 5.00. The molecule has 3 N–H and O–H groups in total. The molecule has 3 aromatic rings. The molecule has 1 fully saturated rings. The zero-order valence-corrected chi connectivity index (χ0v) is 22.7. The van der Waals surface area contributed by atoms with E-state index in [-0.39, 0.29) is 31.0 Å². The van der Waals surface area contributed by atoms with Gasteiger partial charge in [-0.1, -0.05) is 12.0 Å². The number of likely N-dealkylation sites (tertiary alicyclic amines) is 1. The smallest absolute Gasteiger partial charge is 0.406 e. The summed E-state index contributed by atoms with van der Waals surface area (Å²) < 4.78 is 62.0. The van der Waals surface area contributed by atoms with Gasteiger partial charge in [0, 0.05) is 37.8 Å². The molecule has 1 aliphatic rings. The Morgan fingerprint density at radius 2 is 2.02 bits per heavy atom. The minimum absolute atomic E-state index is 0.0546. The number of β-amino-alcohol motifs (C(OH)–C–C–N with tert-alkyl or cyclic N) is 1. The van der Waals surface area contributed by atoms with E-state index in [9.17, 15) is 27.5 Å². The summed E-state index contributed by atoms with van der Waals surface area (Å²) in [6.45, 7) is -0.0241. The van der Waals surface area contributed by atoms with Crippen molar-refractivity contribution in [1.29, 1.82) is 0 Å². The summed E-state index contributed by atoms with van der Waals surface area (Å²) in [4.78, 5) is 14.8. The first-order chi connectivity index (χ1) is 19.5. The van der Waals surface area contributed by atoms with Crippen LogP contribution in [-0.2, 0) is 6.54 Å². The molecule has 0 radical (unpaired) electrons. The Balaban J connectivity index is 1.61. The van der Waals surface area contributed by atoms with E-state index in [1.54, 1.807) is 42.3 Å². The summed E-state index contributed by atoms with van der Waals surface area (Å²) in [5, 5.41) is 22.0. The van der Waals surface area contributed by atoms with Crippen LogP contribution in [0.3, 0.4) is 0 Å². The molecule has 1 aromatic heterocycles. The van der Waals surface area contributed by atoms with E-state index in [1.807, 2.05) is 4.90 Å². The van der Waals surface area contributed by atoms with Crippen molar-refractivity contribution in [2.75, 3.05) is 57.2 Å². The number of hydrogen-bond acceptors (Lipinski definition) is 6. The lowest BCUT2D eigenvalue weighted by Crippen LogP contribution is -2.48. The van der Waals surface area contributed by atoms with Gasteiger partial charge < -0.3 is 29.7 Å². The van der Waals surface area contributed by atoms with Crippen LogP contribution in [0.4, 0.5) is 28.9 Å². The number of aliphatic hydroxyl groups excluding tert-OH is 1. The molecule has 0 amide bonds. The number of nitrogens with one attached hydrogen (secondary N) is 1. The molecule has 0 spiro atoms. The highest BCUT2D eigenvalue weighted by molar-refractivity contribution is 5.94. The number of aliphatic hydroxyl groups is 1. The summed E-state index contributed by atoms with van der Waals surface area (Å²) in [5.74, 6) is 4.99. The Hall–Kier alpha value is -3.95. The third-order valence-electron chi connectivity index (χ3n) is 7.04. The van der Waals surface area contributed by atoms with Crippen LogP contribution >= 0.6 is 0 Å². The molecule has 0 aliphatic carbocycles. The molecule has 0 bridgehead atoms. The number of aromatic nitrogens is 1. The van der Waals surface area contributed by atoms with Gasteiger partial charge in [0.05, 0.1) is 48.8 Å². The number of methoxy groups -OCH3 is 1. The van der Waals surface area contributed by atoms with Crippen LogP contribution in [-0.4, -0.2) is 91.0 Å². The number of alkyl halides is 4. The molecule has 2 aromatic carbocycles. The quantitative estimate of drug-likeness (QED) is 0.260. The number of hydrogen-bond donors (Lipinski definition) is 3. The molecule has 12 heteroatoms. The monoisotopic (exact) mass is 576 g/mol. The molecule has 1 saturated heterocycles. The third kappa shape index (κ3) is 7.23. The third-order valence-corrected chi connectivity index (χ3v) is 7.04. The predicted octanol–water partition coefficient (Wildman–Crippen LogP) is 4.21. The second kappa shape index (κ2) is 12.7. The van der Waals surface area contributed by atoms with Crippen LogP contribution in [0.2, 0.25) is 0 Å². The zero-order valence-electron chi connectivity index (χ0n) is 22.7. The van der Waals surface area contributed by atoms with Gasteiger partial charge in [0.1, 0.15) is 18.5 Å². The van der Waals surface area contributed by atoms with E-state index in [0.717, 1.165) is 4.57 Å². The second-order valence-electron chi connectivity index (χ2n) is 9.90. The van der Waals surface area contributed by atoms with E-state index in [1.165, 1.54) is 19.2 Å². The number of piperidine rings is 1. The summed E-state index contributed by atoms with van der Waals surface area (Å²) >= 11 is 0. The molecule has 0 unspecified atom stereocenters. The lowest BCUT2D eigenvalue weighted by molar-refractivity contribution is -0.140. The van der Waals surface area contributed by atoms with Gasteiger partial charge in [-0.15, -0.1) is 0 Å². The maximum atomic E-state index is 14.9. The van der Waals surface area contributed by atoms with Gasteiger partial charge in [0.25, 0.3) is 0 Å². The van der Waals surface area contributed by atoms with E-state index in [2.05, 4.69) is 17.2 Å². The van der Waals surface area contributed by atoms with Crippen molar-refractivity contribution >= 4 is 28.2 Å². The van der Waals surface area contributed by atoms with Gasteiger partial charge in [-0.25, -0.2) is 9.18 Å². The van der Waals surface area contributed by atoms with Crippen LogP contribution in [0, 0.1) is 11.8 Å². The van der Waals surface area contributed by atoms with Crippen molar-refractivity contribution in [2.24, 2.45) is 0 Å². The molecule has 1 aliphatic heterocycles. The van der Waals surface area contributed by atoms with Crippen LogP contribution < -0.4 is 15.0 Å². The average molecular weight is 577 g/mol. The fourth-order valence-corrected chi connectivity index (χ4v) is 5.00. The highest BCUT2D eigenvalue weighted by Gasteiger charge is 2.31. The van der Waals surface area contributed by atoms with E-state index < -0.39 is 30.9 Å². The summed E-state index contributed by atoms with van der Waals surface area (Å²) in [5.41, 5.74) is 1.63. The predicted molar refractivity (Wildman–Crippen MR) is 149 cm³/mol. The van der Waals surface area contributed by atoms with Crippen LogP contribution in [0.25, 0.3) is 10.9 Å². The topological polar surface area (TPSA) is 90.2 Å². The number of carbonyl (C=O) groups is 1. The molecule has 2 atom stereocenters. The normalized spacial score (nSPS) is 17.6. The Bertz CT molecular complexity index is 1450. The minimum Gasteiger partial charge on any atom is -0.495 e. The SMILES string of the molecule is COc1cc(C(=O)O)ccc1N(C)CC#Cc1cc2c(N[C@@H]3CCN(CCO)C[C@@H]3F)cccc2n1CC(F)(F)F. The number of ether oxygens (including phenoxy) is 1. The Morgan fingerprint density at radius 1 is 1.24 bits per heavy atom. The number of benzene rings is 2. The number of rotatable bonds is 9. The van der Waals surface area contributed by atoms with Crippen LogP contribution in [0.15, 0.2) is 42.5 Å². The Labute approximate surface area is 235 Å². The fraction of sp³-hybridized carbons (Fsp3) is 0.414. The average Bonchev–Trinajstić information content (AvgIpc) is 3.26. The molecular weight excluding hydrogens is 544 g/mol. The van der Waals surface area contributed by atoms with E-state index in [4.69, 9.17) is 9.84 Å². The molecule has 4 rings (SSSR count). The molecule has 2 heterocycles. The second-order valence-corrected chi connectivity index (χ2v) is 9.90. The summed E-state index contributed by atoms with van der Waals surface area (Å²) in [7, 11) is 3.12. The summed E-state index contributed by atoms with van der Waals surface area (Å²) in [6, 6.07) is 10.4. The van der Waals surface area contributed by atoms with Gasteiger partial charge in [0.2, 0.25) is 0 Å². The molecule has 0 saturated carbocycles.